The largest absolute Gasteiger partial charge is 0.338 e. The first-order valence-corrected chi connectivity index (χ1v) is 12.4. The Balaban J connectivity index is 1.62. The molecule has 0 radical (unpaired) electrons. The van der Waals surface area contributed by atoms with Crippen LogP contribution in [0.1, 0.15) is 32.8 Å². The molecule has 0 unspecified atom stereocenters. The number of halogens is 1. The minimum absolute atomic E-state index is 0.0778. The third kappa shape index (κ3) is 4.99. The van der Waals surface area contributed by atoms with Crippen molar-refractivity contribution >= 4 is 34.3 Å². The maximum absolute atomic E-state index is 13.5. The van der Waals surface area contributed by atoms with Crippen LogP contribution < -0.4 is 5.56 Å². The van der Waals surface area contributed by atoms with Crippen LogP contribution in [0.3, 0.4) is 0 Å². The number of thioether (sulfide) groups is 1. The summed E-state index contributed by atoms with van der Waals surface area (Å²) >= 11 is 1.28. The Labute approximate surface area is 201 Å². The number of aromatic nitrogens is 4. The highest BCUT2D eigenvalue weighted by atomic mass is 32.2. The van der Waals surface area contributed by atoms with E-state index in [1.54, 1.807) is 27.7 Å². The number of hydrogen-bond donors (Lipinski definition) is 0. The molecule has 0 saturated carbocycles. The lowest BCUT2D eigenvalue weighted by atomic mass is 10.1. The van der Waals surface area contributed by atoms with Gasteiger partial charge in [0.25, 0.3) is 5.56 Å². The number of benzene rings is 2. The van der Waals surface area contributed by atoms with Gasteiger partial charge in [-0.1, -0.05) is 49.9 Å². The second-order valence-electron chi connectivity index (χ2n) is 8.60. The SMILES string of the molecule is CCN(Cc1cccc(F)c1)C(=O)CSc1nnc2n(CCC(C)C)c(=O)c3ccccc3n12. The molecule has 0 spiro atoms. The zero-order chi connectivity index (χ0) is 24.2. The molecular weight excluding hydrogens is 453 g/mol. The van der Waals surface area contributed by atoms with Crippen molar-refractivity contribution in [2.75, 3.05) is 12.3 Å². The third-order valence-corrected chi connectivity index (χ3v) is 6.64. The normalized spacial score (nSPS) is 11.6. The summed E-state index contributed by atoms with van der Waals surface area (Å²) in [7, 11) is 0. The lowest BCUT2D eigenvalue weighted by molar-refractivity contribution is -0.128. The molecule has 0 bridgehead atoms. The van der Waals surface area contributed by atoms with Gasteiger partial charge in [0.2, 0.25) is 11.7 Å². The zero-order valence-corrected chi connectivity index (χ0v) is 20.4. The molecule has 7 nitrogen and oxygen atoms in total. The fourth-order valence-corrected chi connectivity index (χ4v) is 4.71. The topological polar surface area (TPSA) is 72.5 Å². The van der Waals surface area contributed by atoms with Gasteiger partial charge in [-0.05, 0) is 49.1 Å². The number of hydrogen-bond acceptors (Lipinski definition) is 5. The lowest BCUT2D eigenvalue weighted by Gasteiger charge is -2.20. The van der Waals surface area contributed by atoms with E-state index >= 15 is 0 Å². The zero-order valence-electron chi connectivity index (χ0n) is 19.6. The third-order valence-electron chi connectivity index (χ3n) is 5.73. The Hall–Kier alpha value is -3.20. The van der Waals surface area contributed by atoms with Crippen molar-refractivity contribution in [1.29, 1.82) is 0 Å². The Morgan fingerprint density at radius 3 is 2.68 bits per heavy atom. The van der Waals surface area contributed by atoms with Crippen LogP contribution in [-0.2, 0) is 17.9 Å². The van der Waals surface area contributed by atoms with Gasteiger partial charge in [0.05, 0.1) is 16.7 Å². The molecule has 2 aromatic carbocycles. The van der Waals surface area contributed by atoms with Crippen molar-refractivity contribution in [1.82, 2.24) is 24.1 Å². The average molecular weight is 482 g/mol. The van der Waals surface area contributed by atoms with Gasteiger partial charge in [-0.15, -0.1) is 10.2 Å². The summed E-state index contributed by atoms with van der Waals surface area (Å²) in [5.41, 5.74) is 1.37. The summed E-state index contributed by atoms with van der Waals surface area (Å²) < 4.78 is 17.1. The predicted octanol–water partition coefficient (Wildman–Crippen LogP) is 4.37. The maximum atomic E-state index is 13.5. The first-order valence-electron chi connectivity index (χ1n) is 11.4. The molecule has 0 N–H and O–H groups in total. The molecule has 4 rings (SSSR count). The molecule has 0 aliphatic heterocycles. The van der Waals surface area contributed by atoms with Crippen LogP contribution in [0.15, 0.2) is 58.5 Å². The first kappa shape index (κ1) is 23.9. The van der Waals surface area contributed by atoms with E-state index in [0.717, 1.165) is 17.5 Å². The fourth-order valence-electron chi connectivity index (χ4n) is 3.87. The van der Waals surface area contributed by atoms with Crippen LogP contribution >= 0.6 is 11.8 Å². The van der Waals surface area contributed by atoms with Gasteiger partial charge in [0, 0.05) is 19.6 Å². The van der Waals surface area contributed by atoms with Gasteiger partial charge in [0.1, 0.15) is 5.82 Å². The number of carbonyl (C=O) groups excluding carboxylic acids is 1. The fraction of sp³-hybridized carbons (Fsp3) is 0.360. The Morgan fingerprint density at radius 1 is 1.15 bits per heavy atom. The van der Waals surface area contributed by atoms with Crippen molar-refractivity contribution in [2.45, 2.75) is 45.4 Å². The highest BCUT2D eigenvalue weighted by molar-refractivity contribution is 7.99. The molecule has 2 heterocycles. The van der Waals surface area contributed by atoms with Gasteiger partial charge < -0.3 is 4.90 Å². The van der Waals surface area contributed by atoms with E-state index in [-0.39, 0.29) is 23.0 Å². The van der Waals surface area contributed by atoms with Crippen LogP contribution in [0.2, 0.25) is 0 Å². The molecule has 0 fully saturated rings. The standard InChI is InChI=1S/C25H28FN5O2S/c1-4-29(15-18-8-7-9-19(26)14-18)22(32)16-34-25-28-27-24-30(13-12-17(2)3)23(33)20-10-5-6-11-21(20)31(24)25/h5-11,14,17H,4,12-13,15-16H2,1-3H3. The van der Waals surface area contributed by atoms with Crippen molar-refractivity contribution < 1.29 is 9.18 Å². The van der Waals surface area contributed by atoms with Crippen molar-refractivity contribution in [2.24, 2.45) is 5.92 Å². The summed E-state index contributed by atoms with van der Waals surface area (Å²) in [6, 6.07) is 13.7. The minimum Gasteiger partial charge on any atom is -0.338 e. The molecular formula is C25H28FN5O2S. The minimum atomic E-state index is -0.319. The van der Waals surface area contributed by atoms with E-state index in [1.807, 2.05) is 29.5 Å². The smallest absolute Gasteiger partial charge is 0.262 e. The van der Waals surface area contributed by atoms with Crippen LogP contribution in [-0.4, -0.2) is 42.3 Å². The van der Waals surface area contributed by atoms with Gasteiger partial charge in [-0.3, -0.25) is 18.6 Å². The summed E-state index contributed by atoms with van der Waals surface area (Å²) in [4.78, 5) is 27.8. The van der Waals surface area contributed by atoms with E-state index in [4.69, 9.17) is 0 Å². The second-order valence-corrected chi connectivity index (χ2v) is 9.54. The molecule has 0 aliphatic rings. The quantitative estimate of drug-likeness (QED) is 0.332. The molecule has 0 aliphatic carbocycles. The number of aryl methyl sites for hydroxylation is 1. The van der Waals surface area contributed by atoms with Gasteiger partial charge in [-0.25, -0.2) is 4.39 Å². The number of rotatable bonds is 9. The molecule has 0 atom stereocenters. The monoisotopic (exact) mass is 481 g/mol. The first-order chi connectivity index (χ1) is 16.4. The van der Waals surface area contributed by atoms with Gasteiger partial charge >= 0.3 is 0 Å². The van der Waals surface area contributed by atoms with Gasteiger partial charge in [0.15, 0.2) is 5.16 Å². The Morgan fingerprint density at radius 2 is 1.94 bits per heavy atom. The van der Waals surface area contributed by atoms with Crippen molar-refractivity contribution in [3.63, 3.8) is 0 Å². The summed E-state index contributed by atoms with van der Waals surface area (Å²) in [6.07, 6.45) is 0.841. The Kier molecular flexibility index (Phi) is 7.31. The highest BCUT2D eigenvalue weighted by Crippen LogP contribution is 2.22. The van der Waals surface area contributed by atoms with Crippen LogP contribution in [0.25, 0.3) is 16.7 Å². The summed E-state index contributed by atoms with van der Waals surface area (Å²) in [5.74, 6) is 0.674. The molecule has 34 heavy (non-hydrogen) atoms. The van der Waals surface area contributed by atoms with E-state index in [9.17, 15) is 14.0 Å². The number of para-hydroxylation sites is 1. The molecule has 1 amide bonds. The summed E-state index contributed by atoms with van der Waals surface area (Å²) in [6.45, 7) is 7.52. The van der Waals surface area contributed by atoms with Crippen LogP contribution in [0.4, 0.5) is 4.39 Å². The molecule has 9 heteroatoms. The van der Waals surface area contributed by atoms with E-state index in [2.05, 4.69) is 24.0 Å². The van der Waals surface area contributed by atoms with E-state index in [0.29, 0.717) is 41.9 Å². The Bertz CT molecular complexity index is 1380. The molecule has 4 aromatic rings. The number of carbonyl (C=O) groups is 1. The van der Waals surface area contributed by atoms with Gasteiger partial charge in [-0.2, -0.15) is 0 Å². The number of fused-ring (bicyclic) bond motifs is 3. The van der Waals surface area contributed by atoms with Crippen LogP contribution in [0.5, 0.6) is 0 Å². The molecule has 0 saturated heterocycles. The maximum Gasteiger partial charge on any atom is 0.262 e. The lowest BCUT2D eigenvalue weighted by Crippen LogP contribution is -2.31. The molecule has 2 aromatic heterocycles. The van der Waals surface area contributed by atoms with Crippen LogP contribution in [0, 0.1) is 11.7 Å². The van der Waals surface area contributed by atoms with Crippen molar-refractivity contribution in [3.8, 4) is 0 Å². The number of nitrogens with zero attached hydrogens (tertiary/aromatic N) is 5. The summed E-state index contributed by atoms with van der Waals surface area (Å²) in [5, 5.41) is 9.79. The second kappa shape index (κ2) is 10.4. The predicted molar refractivity (Wildman–Crippen MR) is 132 cm³/mol. The van der Waals surface area contributed by atoms with E-state index < -0.39 is 0 Å². The highest BCUT2D eigenvalue weighted by Gasteiger charge is 2.19. The number of amides is 1. The average Bonchev–Trinajstić information content (AvgIpc) is 3.24. The van der Waals surface area contributed by atoms with Crippen molar-refractivity contribution in [3.05, 3.63) is 70.3 Å². The van der Waals surface area contributed by atoms with E-state index in [1.165, 1.54) is 23.9 Å². The molecule has 178 valence electrons.